The smallest absolute Gasteiger partial charge is 0.264 e. The first-order chi connectivity index (χ1) is 14.4. The van der Waals surface area contributed by atoms with E-state index in [4.69, 9.17) is 16.5 Å². The van der Waals surface area contributed by atoms with Gasteiger partial charge in [-0.3, -0.25) is 14.4 Å². The molecule has 158 valence electrons. The number of anilines is 2. The van der Waals surface area contributed by atoms with E-state index in [0.717, 1.165) is 43.1 Å². The summed E-state index contributed by atoms with van der Waals surface area (Å²) in [7, 11) is 1.80. The average Bonchev–Trinajstić information content (AvgIpc) is 3.29. The maximum Gasteiger partial charge on any atom is 0.264 e. The molecule has 1 spiro atoms. The topological polar surface area (TPSA) is 115 Å². The number of aromatic nitrogens is 3. The standard InChI is InChI=1S/C22H29N7O/c1-13-3-5-22(19(13)24)6-9-29(10-7-22)21-27-15-12-26-18(17(15)20(30)28(21)2)14-4-8-25-16(23)11-14/h4,8,11,13,19H,3,5-7,9-10,12,24H2,1-2H3,(H2,23,25)/t13-,19-/m1/s1. The van der Waals surface area contributed by atoms with Crippen molar-refractivity contribution in [3.63, 3.8) is 0 Å². The van der Waals surface area contributed by atoms with Crippen LogP contribution >= 0.6 is 0 Å². The highest BCUT2D eigenvalue weighted by atomic mass is 16.1. The second-order valence-corrected chi connectivity index (χ2v) is 9.12. The van der Waals surface area contributed by atoms with Crippen LogP contribution in [0.5, 0.6) is 0 Å². The van der Waals surface area contributed by atoms with Gasteiger partial charge in [-0.25, -0.2) is 9.97 Å². The highest BCUT2D eigenvalue weighted by molar-refractivity contribution is 6.14. The van der Waals surface area contributed by atoms with E-state index in [1.165, 1.54) is 12.8 Å². The number of rotatable bonds is 2. The van der Waals surface area contributed by atoms with Gasteiger partial charge in [0.05, 0.1) is 23.5 Å². The molecule has 0 aromatic carbocycles. The highest BCUT2D eigenvalue weighted by Crippen LogP contribution is 2.48. The van der Waals surface area contributed by atoms with Crippen LogP contribution < -0.4 is 21.9 Å². The van der Waals surface area contributed by atoms with Gasteiger partial charge >= 0.3 is 0 Å². The van der Waals surface area contributed by atoms with Crippen LogP contribution in [0.3, 0.4) is 0 Å². The van der Waals surface area contributed by atoms with Gasteiger partial charge in [0.1, 0.15) is 5.82 Å². The van der Waals surface area contributed by atoms with Crippen LogP contribution in [0.2, 0.25) is 0 Å². The summed E-state index contributed by atoms with van der Waals surface area (Å²) in [5.74, 6) is 1.74. The van der Waals surface area contributed by atoms with Crippen LogP contribution in [-0.4, -0.2) is 39.4 Å². The van der Waals surface area contributed by atoms with Crippen molar-refractivity contribution in [2.24, 2.45) is 29.1 Å². The Morgan fingerprint density at radius 1 is 1.23 bits per heavy atom. The number of hydrogen-bond acceptors (Lipinski definition) is 7. The molecule has 2 fully saturated rings. The van der Waals surface area contributed by atoms with Crippen molar-refractivity contribution in [2.45, 2.75) is 45.2 Å². The van der Waals surface area contributed by atoms with E-state index >= 15 is 0 Å². The second kappa shape index (κ2) is 6.91. The van der Waals surface area contributed by atoms with Crippen molar-refractivity contribution >= 4 is 17.5 Å². The Balaban J connectivity index is 1.43. The molecule has 0 amide bonds. The van der Waals surface area contributed by atoms with Crippen LogP contribution in [-0.2, 0) is 13.6 Å². The summed E-state index contributed by atoms with van der Waals surface area (Å²) < 4.78 is 1.67. The number of pyridine rings is 1. The summed E-state index contributed by atoms with van der Waals surface area (Å²) in [5.41, 5.74) is 15.4. The number of hydrogen-bond donors (Lipinski definition) is 2. The SMILES string of the molecule is C[C@@H]1CCC2(CCN(c3nc4c(c(=O)n3C)C(c3ccnc(N)c3)=NC4)CC2)[C@@H]1N. The van der Waals surface area contributed by atoms with Gasteiger partial charge in [-0.05, 0) is 49.1 Å². The molecular formula is C22H29N7O. The number of piperidine rings is 1. The summed E-state index contributed by atoms with van der Waals surface area (Å²) in [6.45, 7) is 4.45. The number of nitrogens with two attached hydrogens (primary N) is 2. The van der Waals surface area contributed by atoms with E-state index in [-0.39, 0.29) is 17.0 Å². The molecule has 1 aliphatic carbocycles. The van der Waals surface area contributed by atoms with Gasteiger partial charge in [0.25, 0.3) is 5.56 Å². The van der Waals surface area contributed by atoms with Crippen LogP contribution in [0.15, 0.2) is 28.1 Å². The van der Waals surface area contributed by atoms with Crippen molar-refractivity contribution in [3.05, 3.63) is 45.5 Å². The van der Waals surface area contributed by atoms with Crippen molar-refractivity contribution in [2.75, 3.05) is 23.7 Å². The van der Waals surface area contributed by atoms with E-state index in [1.54, 1.807) is 23.9 Å². The first kappa shape index (κ1) is 19.2. The molecule has 4 heterocycles. The number of fused-ring (bicyclic) bond motifs is 1. The lowest BCUT2D eigenvalue weighted by atomic mass is 9.73. The number of nitrogens with zero attached hydrogens (tertiary/aromatic N) is 5. The monoisotopic (exact) mass is 407 g/mol. The minimum absolute atomic E-state index is 0.0619. The van der Waals surface area contributed by atoms with Gasteiger partial charge in [0, 0.05) is 37.9 Å². The molecule has 8 nitrogen and oxygen atoms in total. The lowest BCUT2D eigenvalue weighted by molar-refractivity contribution is 0.185. The van der Waals surface area contributed by atoms with Gasteiger partial charge < -0.3 is 16.4 Å². The van der Waals surface area contributed by atoms with E-state index in [0.29, 0.717) is 29.6 Å². The summed E-state index contributed by atoms with van der Waals surface area (Å²) in [4.78, 5) is 29.0. The minimum atomic E-state index is -0.0619. The van der Waals surface area contributed by atoms with Gasteiger partial charge in [0.15, 0.2) is 0 Å². The third-order valence-corrected chi connectivity index (χ3v) is 7.48. The predicted molar refractivity (Wildman–Crippen MR) is 118 cm³/mol. The molecule has 5 rings (SSSR count). The van der Waals surface area contributed by atoms with Crippen molar-refractivity contribution in [3.8, 4) is 0 Å². The summed E-state index contributed by atoms with van der Waals surface area (Å²) in [5, 5.41) is 0. The zero-order valence-electron chi connectivity index (χ0n) is 17.6. The van der Waals surface area contributed by atoms with Crippen LogP contribution in [0.25, 0.3) is 0 Å². The van der Waals surface area contributed by atoms with Crippen molar-refractivity contribution in [1.82, 2.24) is 14.5 Å². The Hall–Kier alpha value is -2.74. The Morgan fingerprint density at radius 2 is 2.00 bits per heavy atom. The molecule has 4 N–H and O–H groups in total. The third kappa shape index (κ3) is 2.85. The fourth-order valence-electron chi connectivity index (χ4n) is 5.53. The maximum absolute atomic E-state index is 13.3. The second-order valence-electron chi connectivity index (χ2n) is 9.12. The molecule has 1 saturated heterocycles. The fourth-order valence-corrected chi connectivity index (χ4v) is 5.53. The average molecular weight is 408 g/mol. The lowest BCUT2D eigenvalue weighted by Crippen LogP contribution is -2.49. The first-order valence-electron chi connectivity index (χ1n) is 10.8. The molecule has 2 aromatic heterocycles. The first-order valence-corrected chi connectivity index (χ1v) is 10.8. The fraction of sp³-hybridized carbons (Fsp3) is 0.545. The molecule has 8 heteroatoms. The Kier molecular flexibility index (Phi) is 4.43. The number of nitrogen functional groups attached to an aromatic ring is 1. The maximum atomic E-state index is 13.3. The number of aliphatic imine (C=N–C) groups is 1. The normalized spacial score (nSPS) is 24.9. The van der Waals surface area contributed by atoms with E-state index in [2.05, 4.69) is 21.8 Å². The summed E-state index contributed by atoms with van der Waals surface area (Å²) in [6.07, 6.45) is 6.19. The van der Waals surface area contributed by atoms with E-state index < -0.39 is 0 Å². The lowest BCUT2D eigenvalue weighted by Gasteiger charge is -2.43. The minimum Gasteiger partial charge on any atom is -0.384 e. The Labute approximate surface area is 176 Å². The van der Waals surface area contributed by atoms with Crippen molar-refractivity contribution < 1.29 is 0 Å². The largest absolute Gasteiger partial charge is 0.384 e. The van der Waals surface area contributed by atoms with Gasteiger partial charge in [-0.1, -0.05) is 6.92 Å². The molecule has 0 bridgehead atoms. The molecule has 30 heavy (non-hydrogen) atoms. The molecule has 1 saturated carbocycles. The molecule has 3 aliphatic rings. The zero-order chi connectivity index (χ0) is 21.0. The van der Waals surface area contributed by atoms with E-state index in [9.17, 15) is 4.79 Å². The zero-order valence-corrected chi connectivity index (χ0v) is 17.6. The quantitative estimate of drug-likeness (QED) is 0.779. The van der Waals surface area contributed by atoms with E-state index in [1.807, 2.05) is 6.07 Å². The van der Waals surface area contributed by atoms with Crippen LogP contribution in [0.4, 0.5) is 11.8 Å². The van der Waals surface area contributed by atoms with Gasteiger partial charge in [-0.15, -0.1) is 0 Å². The van der Waals surface area contributed by atoms with Gasteiger partial charge in [-0.2, -0.15) is 0 Å². The van der Waals surface area contributed by atoms with Crippen LogP contribution in [0.1, 0.15) is 49.4 Å². The molecule has 0 radical (unpaired) electrons. The molecular weight excluding hydrogens is 378 g/mol. The van der Waals surface area contributed by atoms with Crippen molar-refractivity contribution in [1.29, 1.82) is 0 Å². The van der Waals surface area contributed by atoms with Gasteiger partial charge in [0.2, 0.25) is 5.95 Å². The molecule has 2 atom stereocenters. The predicted octanol–water partition coefficient (Wildman–Crippen LogP) is 1.45. The Morgan fingerprint density at radius 3 is 2.67 bits per heavy atom. The Bertz CT molecular complexity index is 1080. The highest BCUT2D eigenvalue weighted by Gasteiger charge is 2.46. The van der Waals surface area contributed by atoms with Crippen LogP contribution in [0, 0.1) is 11.3 Å². The summed E-state index contributed by atoms with van der Waals surface area (Å²) in [6, 6.07) is 3.85. The third-order valence-electron chi connectivity index (χ3n) is 7.48. The molecule has 0 unspecified atom stereocenters. The summed E-state index contributed by atoms with van der Waals surface area (Å²) >= 11 is 0. The molecule has 2 aromatic rings. The molecule has 2 aliphatic heterocycles.